The zero-order chi connectivity index (χ0) is 14.9. The second-order valence-corrected chi connectivity index (χ2v) is 9.08. The third kappa shape index (κ3) is 11.7. The summed E-state index contributed by atoms with van der Waals surface area (Å²) in [5.74, 6) is 0.661. The van der Waals surface area contributed by atoms with Crippen LogP contribution in [0.15, 0.2) is 0 Å². The van der Waals surface area contributed by atoms with E-state index >= 15 is 0 Å². The van der Waals surface area contributed by atoms with E-state index < -0.39 is 7.60 Å². The second-order valence-electron chi connectivity index (χ2n) is 6.89. The molecule has 0 saturated heterocycles. The lowest BCUT2D eigenvalue weighted by molar-refractivity contribution is 0.148. The summed E-state index contributed by atoms with van der Waals surface area (Å²) in [5, 5.41) is 0. The van der Waals surface area contributed by atoms with Crippen LogP contribution in [0, 0.1) is 11.3 Å². The highest BCUT2D eigenvalue weighted by Gasteiger charge is 2.26. The molecule has 0 amide bonds. The van der Waals surface area contributed by atoms with Crippen molar-refractivity contribution in [2.75, 3.05) is 19.4 Å². The molecule has 0 fully saturated rings. The number of unbranched alkanes of at least 4 members (excludes halogenated alkanes) is 1. The van der Waals surface area contributed by atoms with E-state index in [1.165, 1.54) is 0 Å². The fourth-order valence-corrected chi connectivity index (χ4v) is 3.53. The summed E-state index contributed by atoms with van der Waals surface area (Å²) in [4.78, 5) is 0. The van der Waals surface area contributed by atoms with Gasteiger partial charge in [-0.3, -0.25) is 4.57 Å². The molecule has 0 N–H and O–H groups in total. The van der Waals surface area contributed by atoms with Crippen molar-refractivity contribution >= 4 is 7.60 Å². The van der Waals surface area contributed by atoms with E-state index in [2.05, 4.69) is 41.5 Å². The Morgan fingerprint density at radius 2 is 1.74 bits per heavy atom. The first-order chi connectivity index (χ1) is 8.68. The van der Waals surface area contributed by atoms with E-state index in [4.69, 9.17) is 9.05 Å². The fraction of sp³-hybridized carbons (Fsp3) is 1.00. The lowest BCUT2D eigenvalue weighted by atomic mass is 9.99. The van der Waals surface area contributed by atoms with Gasteiger partial charge < -0.3 is 9.05 Å². The highest BCUT2D eigenvalue weighted by molar-refractivity contribution is 7.53. The molecule has 0 aromatic rings. The van der Waals surface area contributed by atoms with Crippen LogP contribution in [0.25, 0.3) is 0 Å². The van der Waals surface area contributed by atoms with Gasteiger partial charge in [-0.05, 0) is 30.6 Å². The quantitative estimate of drug-likeness (QED) is 0.394. The average molecular weight is 292 g/mol. The van der Waals surface area contributed by atoms with Gasteiger partial charge in [-0.15, -0.1) is 0 Å². The van der Waals surface area contributed by atoms with Crippen molar-refractivity contribution in [1.29, 1.82) is 0 Å². The van der Waals surface area contributed by atoms with Crippen molar-refractivity contribution < 1.29 is 13.6 Å². The second kappa shape index (κ2) is 9.15. The van der Waals surface area contributed by atoms with Crippen molar-refractivity contribution in [1.82, 2.24) is 0 Å². The topological polar surface area (TPSA) is 35.5 Å². The number of hydrogen-bond acceptors (Lipinski definition) is 3. The van der Waals surface area contributed by atoms with Gasteiger partial charge in [-0.1, -0.05) is 48.0 Å². The van der Waals surface area contributed by atoms with Gasteiger partial charge in [0, 0.05) is 0 Å². The van der Waals surface area contributed by atoms with E-state index in [0.717, 1.165) is 25.7 Å². The van der Waals surface area contributed by atoms with Gasteiger partial charge in [-0.2, -0.15) is 0 Å². The first-order valence-corrected chi connectivity index (χ1v) is 9.29. The maximum atomic E-state index is 12.6. The first kappa shape index (κ1) is 19.1. The largest absolute Gasteiger partial charge is 0.330 e. The van der Waals surface area contributed by atoms with Crippen LogP contribution in [-0.2, 0) is 13.6 Å². The Hall–Kier alpha value is 0.150. The van der Waals surface area contributed by atoms with Crippen LogP contribution in [0.4, 0.5) is 0 Å². The Bertz CT molecular complexity index is 269. The van der Waals surface area contributed by atoms with Crippen LogP contribution in [0.2, 0.25) is 0 Å². The standard InChI is InChI=1S/C15H33O3P/c1-7-8-12-19(16,18-13-15(4,5)6)17-11-9-10-14(2)3/h14H,7-13H2,1-6H3. The summed E-state index contributed by atoms with van der Waals surface area (Å²) in [6.45, 7) is 13.7. The highest BCUT2D eigenvalue weighted by Crippen LogP contribution is 2.50. The van der Waals surface area contributed by atoms with Gasteiger partial charge in [0.25, 0.3) is 0 Å². The van der Waals surface area contributed by atoms with Gasteiger partial charge in [0.1, 0.15) is 0 Å². The van der Waals surface area contributed by atoms with Crippen LogP contribution < -0.4 is 0 Å². The zero-order valence-corrected chi connectivity index (χ0v) is 14.6. The molecular formula is C15H33O3P. The van der Waals surface area contributed by atoms with E-state index in [9.17, 15) is 4.57 Å². The number of rotatable bonds is 10. The van der Waals surface area contributed by atoms with E-state index in [-0.39, 0.29) is 5.41 Å². The molecule has 0 aromatic carbocycles. The Morgan fingerprint density at radius 1 is 1.11 bits per heavy atom. The van der Waals surface area contributed by atoms with Crippen LogP contribution in [-0.4, -0.2) is 19.4 Å². The maximum absolute atomic E-state index is 12.6. The van der Waals surface area contributed by atoms with Gasteiger partial charge >= 0.3 is 7.60 Å². The minimum atomic E-state index is -2.89. The third-order valence-electron chi connectivity index (χ3n) is 2.69. The molecular weight excluding hydrogens is 259 g/mol. The minimum Gasteiger partial charge on any atom is -0.309 e. The minimum absolute atomic E-state index is 0.0170. The van der Waals surface area contributed by atoms with Gasteiger partial charge in [-0.25, -0.2) is 0 Å². The van der Waals surface area contributed by atoms with Gasteiger partial charge in [0.15, 0.2) is 0 Å². The van der Waals surface area contributed by atoms with Crippen molar-refractivity contribution in [2.24, 2.45) is 11.3 Å². The average Bonchev–Trinajstić information content (AvgIpc) is 2.29. The molecule has 0 saturated carbocycles. The predicted octanol–water partition coefficient (Wildman–Crippen LogP) is 5.50. The van der Waals surface area contributed by atoms with E-state index in [1.807, 2.05) is 0 Å². The van der Waals surface area contributed by atoms with Gasteiger partial charge in [0.2, 0.25) is 0 Å². The Kier molecular flexibility index (Phi) is 9.23. The summed E-state index contributed by atoms with van der Waals surface area (Å²) in [6.07, 6.45) is 4.50. The molecule has 0 spiro atoms. The maximum Gasteiger partial charge on any atom is 0.330 e. The van der Waals surface area contributed by atoms with E-state index in [0.29, 0.717) is 25.3 Å². The molecule has 0 heterocycles. The zero-order valence-electron chi connectivity index (χ0n) is 13.7. The lowest BCUT2D eigenvalue weighted by Gasteiger charge is -2.24. The van der Waals surface area contributed by atoms with Crippen LogP contribution in [0.1, 0.15) is 67.2 Å². The molecule has 0 rings (SSSR count). The summed E-state index contributed by atoms with van der Waals surface area (Å²) >= 11 is 0. The van der Waals surface area contributed by atoms with Crippen molar-refractivity contribution in [3.8, 4) is 0 Å². The first-order valence-electron chi connectivity index (χ1n) is 7.56. The summed E-state index contributed by atoms with van der Waals surface area (Å²) < 4.78 is 23.9. The molecule has 3 nitrogen and oxygen atoms in total. The molecule has 0 aromatic heterocycles. The molecule has 0 aliphatic carbocycles. The molecule has 1 unspecified atom stereocenters. The van der Waals surface area contributed by atoms with Crippen molar-refractivity contribution in [3.05, 3.63) is 0 Å². The van der Waals surface area contributed by atoms with Crippen molar-refractivity contribution in [2.45, 2.75) is 67.2 Å². The monoisotopic (exact) mass is 292 g/mol. The lowest BCUT2D eigenvalue weighted by Crippen LogP contribution is -2.15. The molecule has 0 bridgehead atoms. The third-order valence-corrected chi connectivity index (χ3v) is 4.66. The Balaban J connectivity index is 4.22. The molecule has 116 valence electrons. The van der Waals surface area contributed by atoms with Crippen LogP contribution in [0.3, 0.4) is 0 Å². The summed E-state index contributed by atoms with van der Waals surface area (Å²) in [7, 11) is -2.89. The summed E-state index contributed by atoms with van der Waals surface area (Å²) in [5.41, 5.74) is 0.0170. The van der Waals surface area contributed by atoms with Gasteiger partial charge in [0.05, 0.1) is 19.4 Å². The normalized spacial score (nSPS) is 15.7. The van der Waals surface area contributed by atoms with E-state index in [1.54, 1.807) is 0 Å². The fourth-order valence-electron chi connectivity index (χ4n) is 1.51. The predicted molar refractivity (Wildman–Crippen MR) is 82.8 cm³/mol. The highest BCUT2D eigenvalue weighted by atomic mass is 31.2. The number of hydrogen-bond donors (Lipinski definition) is 0. The van der Waals surface area contributed by atoms with Crippen LogP contribution in [0.5, 0.6) is 0 Å². The Labute approximate surface area is 120 Å². The van der Waals surface area contributed by atoms with Crippen molar-refractivity contribution in [3.63, 3.8) is 0 Å². The molecule has 19 heavy (non-hydrogen) atoms. The molecule has 0 radical (unpaired) electrons. The molecule has 0 aliphatic rings. The molecule has 0 aliphatic heterocycles. The molecule has 4 heteroatoms. The Morgan fingerprint density at radius 3 is 2.21 bits per heavy atom. The van der Waals surface area contributed by atoms with Crippen LogP contribution >= 0.6 is 7.60 Å². The molecule has 1 atom stereocenters. The smallest absolute Gasteiger partial charge is 0.309 e. The summed E-state index contributed by atoms with van der Waals surface area (Å²) in [6, 6.07) is 0. The SMILES string of the molecule is CCCCP(=O)(OCCCC(C)C)OCC(C)(C)C.